The lowest BCUT2D eigenvalue weighted by atomic mass is 10.1. The molecule has 1 aliphatic rings. The van der Waals surface area contributed by atoms with Crippen molar-refractivity contribution >= 4 is 62.4 Å². The highest BCUT2D eigenvalue weighted by Crippen LogP contribution is 2.27. The molecule has 2 N–H and O–H groups in total. The Hall–Kier alpha value is -3.70. The molecule has 0 bridgehead atoms. The Bertz CT molecular complexity index is 1320. The van der Waals surface area contributed by atoms with E-state index in [1.807, 2.05) is 0 Å². The molecule has 0 aromatic heterocycles. The first-order chi connectivity index (χ1) is 16.7. The molecule has 3 aromatic carbocycles. The molecular weight excluding hydrogens is 542 g/mol. The third-order valence-electron chi connectivity index (χ3n) is 5.10. The summed E-state index contributed by atoms with van der Waals surface area (Å²) in [5, 5.41) is 3.67. The van der Waals surface area contributed by atoms with Gasteiger partial charge in [0.15, 0.2) is 0 Å². The largest absolute Gasteiger partial charge is 0.326 e. The zero-order valence-electron chi connectivity index (χ0n) is 17.9. The number of nitrogens with zero attached hydrogens (tertiary/aromatic N) is 2. The molecule has 3 amide bonds. The normalized spacial score (nSPS) is 15.3. The van der Waals surface area contributed by atoms with Gasteiger partial charge in [0.05, 0.1) is 12.1 Å². The number of benzene rings is 3. The second-order valence-corrected chi connectivity index (χ2v) is 8.81. The summed E-state index contributed by atoms with van der Waals surface area (Å²) >= 11 is 8.76. The fourth-order valence-electron chi connectivity index (χ4n) is 3.48. The van der Waals surface area contributed by atoms with Crippen molar-refractivity contribution in [2.75, 3.05) is 10.2 Å². The fourth-order valence-corrected chi connectivity index (χ4v) is 4.25. The SMILES string of the molecule is O=C(CC1C(=O)N(c2ccc(F)cc2)C(=S)N1NC(=O)c1cccc(F)c1)Nc1cccc(Br)c1. The Balaban J connectivity index is 1.61. The second kappa shape index (κ2) is 10.3. The molecule has 35 heavy (non-hydrogen) atoms. The maximum Gasteiger partial charge on any atom is 0.269 e. The summed E-state index contributed by atoms with van der Waals surface area (Å²) in [6.45, 7) is 0. The molecule has 3 aromatic rings. The number of hydrazine groups is 1. The van der Waals surface area contributed by atoms with E-state index in [1.54, 1.807) is 24.3 Å². The number of amides is 3. The quantitative estimate of drug-likeness (QED) is 0.438. The third-order valence-corrected chi connectivity index (χ3v) is 5.97. The van der Waals surface area contributed by atoms with Crippen LogP contribution in [0.25, 0.3) is 0 Å². The number of rotatable bonds is 6. The van der Waals surface area contributed by atoms with Crippen LogP contribution < -0.4 is 15.6 Å². The van der Waals surface area contributed by atoms with Crippen LogP contribution in [0, 0.1) is 11.6 Å². The summed E-state index contributed by atoms with van der Waals surface area (Å²) in [4.78, 5) is 40.0. The average molecular weight is 559 g/mol. The van der Waals surface area contributed by atoms with E-state index < -0.39 is 35.4 Å². The molecule has 0 radical (unpaired) electrons. The van der Waals surface area contributed by atoms with Gasteiger partial charge in [-0.3, -0.25) is 24.7 Å². The Morgan fingerprint density at radius 1 is 0.971 bits per heavy atom. The van der Waals surface area contributed by atoms with E-state index >= 15 is 0 Å². The van der Waals surface area contributed by atoms with Gasteiger partial charge < -0.3 is 5.32 Å². The van der Waals surface area contributed by atoms with E-state index in [9.17, 15) is 23.2 Å². The molecule has 11 heteroatoms. The Labute approximate surface area is 212 Å². The summed E-state index contributed by atoms with van der Waals surface area (Å²) < 4.78 is 27.8. The Kier molecular flexibility index (Phi) is 7.17. The van der Waals surface area contributed by atoms with E-state index in [2.05, 4.69) is 26.7 Å². The number of halogens is 3. The monoisotopic (exact) mass is 558 g/mol. The minimum atomic E-state index is -1.20. The van der Waals surface area contributed by atoms with Crippen molar-refractivity contribution in [2.45, 2.75) is 12.5 Å². The highest BCUT2D eigenvalue weighted by atomic mass is 79.9. The molecule has 1 unspecified atom stereocenters. The number of anilines is 2. The predicted molar refractivity (Wildman–Crippen MR) is 133 cm³/mol. The fraction of sp³-hybridized carbons (Fsp3) is 0.0833. The molecule has 7 nitrogen and oxygen atoms in total. The number of hydrogen-bond donors (Lipinski definition) is 2. The minimum Gasteiger partial charge on any atom is -0.326 e. The van der Waals surface area contributed by atoms with Crippen molar-refractivity contribution in [2.24, 2.45) is 0 Å². The summed E-state index contributed by atoms with van der Waals surface area (Å²) in [5.74, 6) is -2.94. The molecule has 0 spiro atoms. The molecule has 4 rings (SSSR count). The van der Waals surface area contributed by atoms with Gasteiger partial charge in [0, 0.05) is 15.7 Å². The average Bonchev–Trinajstić information content (AvgIpc) is 3.03. The summed E-state index contributed by atoms with van der Waals surface area (Å²) in [6.07, 6.45) is -0.355. The van der Waals surface area contributed by atoms with Crippen LogP contribution in [0.5, 0.6) is 0 Å². The molecule has 1 heterocycles. The summed E-state index contributed by atoms with van der Waals surface area (Å²) in [5.41, 5.74) is 3.27. The first-order valence-electron chi connectivity index (χ1n) is 10.3. The van der Waals surface area contributed by atoms with Crippen molar-refractivity contribution in [1.29, 1.82) is 0 Å². The van der Waals surface area contributed by atoms with Crippen molar-refractivity contribution in [3.05, 3.63) is 94.5 Å². The number of hydrogen-bond acceptors (Lipinski definition) is 4. The van der Waals surface area contributed by atoms with Gasteiger partial charge >= 0.3 is 0 Å². The standard InChI is InChI=1S/C24H17BrF2N4O3S/c25-15-4-2-6-18(12-15)28-21(32)13-20-23(34)30(19-9-7-16(26)8-10-19)24(35)31(20)29-22(33)14-3-1-5-17(27)11-14/h1-12,20H,13H2,(H,28,32)(H,29,33). The van der Waals surface area contributed by atoms with Gasteiger partial charge in [-0.1, -0.05) is 28.1 Å². The Morgan fingerprint density at radius 3 is 2.37 bits per heavy atom. The van der Waals surface area contributed by atoms with Crippen molar-refractivity contribution in [3.63, 3.8) is 0 Å². The number of carbonyl (C=O) groups is 3. The molecule has 1 atom stereocenters. The number of thiocarbonyl (C=S) groups is 1. The van der Waals surface area contributed by atoms with Gasteiger partial charge in [0.2, 0.25) is 11.0 Å². The summed E-state index contributed by atoms with van der Waals surface area (Å²) in [7, 11) is 0. The number of carbonyl (C=O) groups excluding carboxylic acids is 3. The third kappa shape index (κ3) is 5.52. The van der Waals surface area contributed by atoms with Gasteiger partial charge in [0.25, 0.3) is 11.8 Å². The van der Waals surface area contributed by atoms with Gasteiger partial charge in [-0.05, 0) is 72.9 Å². The lowest BCUT2D eigenvalue weighted by Gasteiger charge is -2.24. The van der Waals surface area contributed by atoms with Gasteiger partial charge in [0.1, 0.15) is 17.7 Å². The van der Waals surface area contributed by atoms with Crippen LogP contribution in [0.3, 0.4) is 0 Å². The van der Waals surface area contributed by atoms with Crippen LogP contribution in [0.15, 0.2) is 77.3 Å². The van der Waals surface area contributed by atoms with Crippen LogP contribution in [-0.2, 0) is 9.59 Å². The zero-order valence-corrected chi connectivity index (χ0v) is 20.3. The van der Waals surface area contributed by atoms with Crippen LogP contribution in [0.4, 0.5) is 20.2 Å². The zero-order chi connectivity index (χ0) is 25.1. The summed E-state index contributed by atoms with van der Waals surface area (Å²) in [6, 6.07) is 15.7. The van der Waals surface area contributed by atoms with E-state index in [-0.39, 0.29) is 22.8 Å². The van der Waals surface area contributed by atoms with Gasteiger partial charge in [-0.25, -0.2) is 13.8 Å². The first kappa shape index (κ1) is 24.4. The molecular formula is C24H17BrF2N4O3S. The maximum absolute atomic E-state index is 13.6. The van der Waals surface area contributed by atoms with Crippen molar-refractivity contribution in [3.8, 4) is 0 Å². The van der Waals surface area contributed by atoms with E-state index in [0.29, 0.717) is 5.69 Å². The van der Waals surface area contributed by atoms with Crippen LogP contribution in [0.2, 0.25) is 0 Å². The van der Waals surface area contributed by atoms with Gasteiger partial charge in [-0.15, -0.1) is 0 Å². The van der Waals surface area contributed by atoms with Gasteiger partial charge in [-0.2, -0.15) is 0 Å². The number of nitrogens with one attached hydrogen (secondary N) is 2. The first-order valence-corrected chi connectivity index (χ1v) is 11.5. The van der Waals surface area contributed by atoms with E-state index in [1.165, 1.54) is 30.3 Å². The highest BCUT2D eigenvalue weighted by Gasteiger charge is 2.45. The van der Waals surface area contributed by atoms with E-state index in [0.717, 1.165) is 32.6 Å². The van der Waals surface area contributed by atoms with Crippen LogP contribution in [-0.4, -0.2) is 33.9 Å². The van der Waals surface area contributed by atoms with Crippen molar-refractivity contribution in [1.82, 2.24) is 10.4 Å². The molecule has 1 fully saturated rings. The second-order valence-electron chi connectivity index (χ2n) is 7.53. The van der Waals surface area contributed by atoms with Crippen molar-refractivity contribution < 1.29 is 23.2 Å². The highest BCUT2D eigenvalue weighted by molar-refractivity contribution is 9.10. The predicted octanol–water partition coefficient (Wildman–Crippen LogP) is 4.40. The maximum atomic E-state index is 13.6. The molecule has 1 aliphatic heterocycles. The minimum absolute atomic E-state index is 0.00202. The van der Waals surface area contributed by atoms with E-state index in [4.69, 9.17) is 12.2 Å². The smallest absolute Gasteiger partial charge is 0.269 e. The van der Waals surface area contributed by atoms with Crippen LogP contribution in [0.1, 0.15) is 16.8 Å². The lowest BCUT2D eigenvalue weighted by Crippen LogP contribution is -2.49. The molecule has 178 valence electrons. The molecule has 1 saturated heterocycles. The molecule has 0 aliphatic carbocycles. The molecule has 0 saturated carbocycles. The topological polar surface area (TPSA) is 81.8 Å². The Morgan fingerprint density at radius 2 is 1.69 bits per heavy atom. The lowest BCUT2D eigenvalue weighted by molar-refractivity contribution is -0.124. The van der Waals surface area contributed by atoms with Crippen LogP contribution >= 0.6 is 28.1 Å².